The van der Waals surface area contributed by atoms with Crippen LogP contribution in [0.25, 0.3) is 0 Å². The molecule has 3 N–H and O–H groups in total. The lowest BCUT2D eigenvalue weighted by Gasteiger charge is -2.41. The maximum atomic E-state index is 11.8. The maximum Gasteiger partial charge on any atom is 0.268 e. The van der Waals surface area contributed by atoms with Crippen molar-refractivity contribution in [2.45, 2.75) is 37.6 Å². The zero-order chi connectivity index (χ0) is 11.6. The number of hydrogen-bond donors (Lipinski definition) is 3. The number of nitrogens with one attached hydrogen (secondary N) is 2. The first kappa shape index (κ1) is 11.1. The molecule has 0 saturated heterocycles. The van der Waals surface area contributed by atoms with Gasteiger partial charge in [0.05, 0.1) is 12.1 Å². The van der Waals surface area contributed by atoms with E-state index in [1.807, 2.05) is 0 Å². The van der Waals surface area contributed by atoms with Crippen LogP contribution in [-0.2, 0) is 9.59 Å². The van der Waals surface area contributed by atoms with Crippen molar-refractivity contribution in [2.24, 2.45) is 5.10 Å². The lowest BCUT2D eigenvalue weighted by molar-refractivity contribution is -0.121. The molecule has 0 aromatic rings. The van der Waals surface area contributed by atoms with Crippen LogP contribution in [0.1, 0.15) is 32.1 Å². The predicted octanol–water partition coefficient (Wildman–Crippen LogP) is -0.716. The first-order chi connectivity index (χ1) is 7.65. The molecule has 0 unspecified atom stereocenters. The minimum absolute atomic E-state index is 0.0433. The highest BCUT2D eigenvalue weighted by molar-refractivity contribution is 6.39. The van der Waals surface area contributed by atoms with E-state index in [0.29, 0.717) is 18.6 Å². The third-order valence-corrected chi connectivity index (χ3v) is 3.16. The molecule has 2 aliphatic rings. The van der Waals surface area contributed by atoms with E-state index in [2.05, 4.69) is 15.8 Å². The minimum atomic E-state index is -0.457. The Bertz CT molecular complexity index is 342. The maximum absolute atomic E-state index is 11.8. The van der Waals surface area contributed by atoms with Gasteiger partial charge in [-0.05, 0) is 19.3 Å². The molecule has 0 spiro atoms. The van der Waals surface area contributed by atoms with Crippen LogP contribution in [0.4, 0.5) is 0 Å². The fourth-order valence-corrected chi connectivity index (χ4v) is 1.88. The predicted molar refractivity (Wildman–Crippen MR) is 56.6 cm³/mol. The van der Waals surface area contributed by atoms with Crippen molar-refractivity contribution in [2.75, 3.05) is 6.61 Å². The first-order valence-electron chi connectivity index (χ1n) is 5.44. The number of aliphatic hydroxyl groups excluding tert-OH is 1. The van der Waals surface area contributed by atoms with Crippen LogP contribution >= 0.6 is 0 Å². The molecule has 88 valence electrons. The van der Waals surface area contributed by atoms with E-state index in [9.17, 15) is 14.7 Å². The number of aliphatic hydroxyl groups is 1. The van der Waals surface area contributed by atoms with Crippen molar-refractivity contribution >= 4 is 17.5 Å². The van der Waals surface area contributed by atoms with Crippen LogP contribution in [0.2, 0.25) is 0 Å². The molecule has 1 fully saturated rings. The highest BCUT2D eigenvalue weighted by atomic mass is 16.3. The molecule has 6 heteroatoms. The summed E-state index contributed by atoms with van der Waals surface area (Å²) in [6, 6.07) is 0. The van der Waals surface area contributed by atoms with Gasteiger partial charge in [0.2, 0.25) is 5.91 Å². The van der Waals surface area contributed by atoms with Gasteiger partial charge in [-0.1, -0.05) is 0 Å². The Labute approximate surface area is 93.1 Å². The average Bonchev–Trinajstić information content (AvgIpc) is 2.24. The lowest BCUT2D eigenvalue weighted by atomic mass is 9.77. The van der Waals surface area contributed by atoms with E-state index in [-0.39, 0.29) is 18.4 Å². The van der Waals surface area contributed by atoms with Crippen LogP contribution in [0.15, 0.2) is 5.10 Å². The van der Waals surface area contributed by atoms with Crippen molar-refractivity contribution in [3.63, 3.8) is 0 Å². The van der Waals surface area contributed by atoms with Gasteiger partial charge in [0.1, 0.15) is 5.71 Å². The molecular weight excluding hydrogens is 210 g/mol. The number of rotatable bonds is 3. The van der Waals surface area contributed by atoms with Gasteiger partial charge in [-0.2, -0.15) is 5.10 Å². The normalized spacial score (nSPS) is 22.8. The van der Waals surface area contributed by atoms with Crippen LogP contribution in [-0.4, -0.2) is 34.8 Å². The summed E-state index contributed by atoms with van der Waals surface area (Å²) in [5.41, 5.74) is 2.15. The zero-order valence-electron chi connectivity index (χ0n) is 8.95. The molecule has 0 radical (unpaired) electrons. The second-order valence-electron chi connectivity index (χ2n) is 4.34. The largest absolute Gasteiger partial charge is 0.394 e. The molecule has 1 aliphatic carbocycles. The summed E-state index contributed by atoms with van der Waals surface area (Å²) >= 11 is 0. The number of hydrogen-bond acceptors (Lipinski definition) is 4. The van der Waals surface area contributed by atoms with Crippen LogP contribution < -0.4 is 10.7 Å². The van der Waals surface area contributed by atoms with E-state index in [1.54, 1.807) is 0 Å². The summed E-state index contributed by atoms with van der Waals surface area (Å²) in [5.74, 6) is -0.453. The minimum Gasteiger partial charge on any atom is -0.394 e. The van der Waals surface area contributed by atoms with E-state index < -0.39 is 5.54 Å². The Balaban J connectivity index is 1.95. The van der Waals surface area contributed by atoms with Gasteiger partial charge < -0.3 is 10.4 Å². The number of amides is 2. The number of carbonyl (C=O) groups is 2. The molecule has 1 aliphatic heterocycles. The zero-order valence-corrected chi connectivity index (χ0v) is 8.95. The molecule has 16 heavy (non-hydrogen) atoms. The van der Waals surface area contributed by atoms with Crippen LogP contribution in [0.5, 0.6) is 0 Å². The van der Waals surface area contributed by atoms with Crippen LogP contribution in [0, 0.1) is 0 Å². The van der Waals surface area contributed by atoms with E-state index in [0.717, 1.165) is 19.3 Å². The molecule has 0 atom stereocenters. The van der Waals surface area contributed by atoms with Gasteiger partial charge >= 0.3 is 0 Å². The molecule has 2 rings (SSSR count). The van der Waals surface area contributed by atoms with Crippen molar-refractivity contribution in [1.29, 1.82) is 0 Å². The Morgan fingerprint density at radius 2 is 2.25 bits per heavy atom. The molecule has 6 nitrogen and oxygen atoms in total. The summed E-state index contributed by atoms with van der Waals surface area (Å²) in [4.78, 5) is 22.6. The van der Waals surface area contributed by atoms with Crippen molar-refractivity contribution in [3.05, 3.63) is 0 Å². The monoisotopic (exact) mass is 225 g/mol. The summed E-state index contributed by atoms with van der Waals surface area (Å²) in [7, 11) is 0. The Hall–Kier alpha value is -1.43. The Morgan fingerprint density at radius 1 is 1.50 bits per heavy atom. The molecule has 0 bridgehead atoms. The molecular formula is C10H15N3O3. The topological polar surface area (TPSA) is 90.8 Å². The Morgan fingerprint density at radius 3 is 2.69 bits per heavy atom. The molecule has 0 aromatic heterocycles. The van der Waals surface area contributed by atoms with E-state index >= 15 is 0 Å². The highest BCUT2D eigenvalue weighted by Gasteiger charge is 2.38. The van der Waals surface area contributed by atoms with Gasteiger partial charge in [-0.25, -0.2) is 5.43 Å². The summed E-state index contributed by atoms with van der Waals surface area (Å²) in [6.45, 7) is -0.0433. The van der Waals surface area contributed by atoms with E-state index in [4.69, 9.17) is 0 Å². The highest BCUT2D eigenvalue weighted by Crippen LogP contribution is 2.31. The fourth-order valence-electron chi connectivity index (χ4n) is 1.88. The van der Waals surface area contributed by atoms with Crippen molar-refractivity contribution in [1.82, 2.24) is 10.7 Å². The fraction of sp³-hybridized carbons (Fsp3) is 0.700. The van der Waals surface area contributed by atoms with Gasteiger partial charge in [0, 0.05) is 12.8 Å². The molecule has 0 aromatic carbocycles. The standard InChI is InChI=1S/C10H15N3O3/c14-6-10(4-1-5-10)11-9(16)7-2-3-8(15)13-12-7/h14H,1-6H2,(H,11,16)(H,13,15). The van der Waals surface area contributed by atoms with Crippen molar-refractivity contribution < 1.29 is 14.7 Å². The Kier molecular flexibility index (Phi) is 2.91. The summed E-state index contributed by atoms with van der Waals surface area (Å²) in [6.07, 6.45) is 3.27. The summed E-state index contributed by atoms with van der Waals surface area (Å²) < 4.78 is 0. The molecule has 1 heterocycles. The SMILES string of the molecule is O=C1CCC(C(=O)NC2(CO)CCC2)=NN1. The second kappa shape index (κ2) is 4.21. The molecule has 1 saturated carbocycles. The third kappa shape index (κ3) is 2.06. The number of nitrogens with zero attached hydrogens (tertiary/aromatic N) is 1. The second-order valence-corrected chi connectivity index (χ2v) is 4.34. The summed E-state index contributed by atoms with van der Waals surface area (Å²) in [5, 5.41) is 15.7. The van der Waals surface area contributed by atoms with Gasteiger partial charge in [0.15, 0.2) is 0 Å². The smallest absolute Gasteiger partial charge is 0.268 e. The molecule has 2 amide bonds. The van der Waals surface area contributed by atoms with Crippen LogP contribution in [0.3, 0.4) is 0 Å². The first-order valence-corrected chi connectivity index (χ1v) is 5.44. The van der Waals surface area contributed by atoms with E-state index in [1.165, 1.54) is 0 Å². The lowest BCUT2D eigenvalue weighted by Crippen LogP contribution is -2.58. The third-order valence-electron chi connectivity index (χ3n) is 3.16. The number of carbonyl (C=O) groups excluding carboxylic acids is 2. The van der Waals surface area contributed by atoms with Gasteiger partial charge in [-0.15, -0.1) is 0 Å². The quantitative estimate of drug-likeness (QED) is 0.592. The van der Waals surface area contributed by atoms with Crippen molar-refractivity contribution in [3.8, 4) is 0 Å². The van der Waals surface area contributed by atoms with Gasteiger partial charge in [0.25, 0.3) is 5.91 Å². The number of hydrazone groups is 1. The average molecular weight is 225 g/mol. The van der Waals surface area contributed by atoms with Gasteiger partial charge in [-0.3, -0.25) is 9.59 Å².